The Morgan fingerprint density at radius 2 is 1.69 bits per heavy atom. The molecule has 0 saturated heterocycles. The van der Waals surface area contributed by atoms with Gasteiger partial charge in [0.1, 0.15) is 0 Å². The number of rotatable bonds is 3. The molecule has 1 aromatic carbocycles. The van der Waals surface area contributed by atoms with E-state index in [0.29, 0.717) is 0 Å². The summed E-state index contributed by atoms with van der Waals surface area (Å²) in [4.78, 5) is 0. The maximum absolute atomic E-state index is 12.4. The summed E-state index contributed by atoms with van der Waals surface area (Å²) in [7, 11) is 2.57. The molecule has 0 radical (unpaired) electrons. The number of anilines is 1. The Morgan fingerprint density at radius 3 is 2.06 bits per heavy atom. The van der Waals surface area contributed by atoms with Crippen LogP contribution in [0.4, 0.5) is 18.6 Å². The molecule has 0 unspecified atom stereocenters. The third-order valence-corrected chi connectivity index (χ3v) is 1.91. The second-order valence-corrected chi connectivity index (χ2v) is 2.92. The zero-order chi connectivity index (χ0) is 11.6. The van der Waals surface area contributed by atoms with Crippen LogP contribution in [0.5, 0.6) is 11.5 Å². The molecular formula is C8H10BF3KNO2. The zero-order valence-electron chi connectivity index (χ0n) is 9.26. The van der Waals surface area contributed by atoms with E-state index in [1.807, 2.05) is 0 Å². The van der Waals surface area contributed by atoms with Crippen LogP contribution in [0, 0.1) is 0 Å². The second kappa shape index (κ2) is 6.15. The van der Waals surface area contributed by atoms with Crippen LogP contribution in [0.15, 0.2) is 12.1 Å². The summed E-state index contributed by atoms with van der Waals surface area (Å²) in [5, 5.41) is 0. The van der Waals surface area contributed by atoms with Gasteiger partial charge in [0.05, 0.1) is 19.9 Å². The van der Waals surface area contributed by atoms with Crippen molar-refractivity contribution in [3.05, 3.63) is 12.1 Å². The first-order valence-electron chi connectivity index (χ1n) is 4.11. The van der Waals surface area contributed by atoms with Crippen molar-refractivity contribution in [2.24, 2.45) is 0 Å². The van der Waals surface area contributed by atoms with Gasteiger partial charge in [0.15, 0.2) is 11.5 Å². The molecule has 8 heteroatoms. The Hall–Kier alpha value is 0.111. The van der Waals surface area contributed by atoms with E-state index in [0.717, 1.165) is 12.1 Å². The van der Waals surface area contributed by atoms with E-state index in [1.165, 1.54) is 14.2 Å². The molecule has 1 rings (SSSR count). The molecule has 84 valence electrons. The van der Waals surface area contributed by atoms with Crippen molar-refractivity contribution in [1.82, 2.24) is 0 Å². The molecule has 3 nitrogen and oxygen atoms in total. The van der Waals surface area contributed by atoms with Crippen molar-refractivity contribution in [3.63, 3.8) is 0 Å². The first-order valence-corrected chi connectivity index (χ1v) is 4.11. The fourth-order valence-corrected chi connectivity index (χ4v) is 1.21. The molecule has 0 bridgehead atoms. The van der Waals surface area contributed by atoms with E-state index in [-0.39, 0.29) is 68.6 Å². The number of methoxy groups -OCH3 is 2. The topological polar surface area (TPSA) is 44.5 Å². The Kier molecular flexibility index (Phi) is 6.20. The Balaban J connectivity index is 0.00000225. The van der Waals surface area contributed by atoms with Crippen molar-refractivity contribution in [2.45, 2.75) is 0 Å². The normalized spacial score (nSPS) is 10.6. The molecule has 0 heterocycles. The van der Waals surface area contributed by atoms with Crippen LogP contribution in [-0.4, -0.2) is 21.2 Å². The van der Waals surface area contributed by atoms with E-state index in [9.17, 15) is 12.9 Å². The first-order chi connectivity index (χ1) is 6.90. The average molecular weight is 259 g/mol. The summed E-state index contributed by atoms with van der Waals surface area (Å²) in [6.07, 6.45) is 0. The van der Waals surface area contributed by atoms with E-state index in [2.05, 4.69) is 0 Å². The molecule has 0 spiro atoms. The molecule has 0 saturated carbocycles. The van der Waals surface area contributed by atoms with Crippen LogP contribution in [0.2, 0.25) is 0 Å². The quantitative estimate of drug-likeness (QED) is 0.522. The van der Waals surface area contributed by atoms with Crippen LogP contribution >= 0.6 is 0 Å². The fourth-order valence-electron chi connectivity index (χ4n) is 1.21. The van der Waals surface area contributed by atoms with Crippen LogP contribution in [0.1, 0.15) is 0 Å². The summed E-state index contributed by atoms with van der Waals surface area (Å²) in [5.74, 6) is 0.0907. The van der Waals surface area contributed by atoms with Gasteiger partial charge in [0.25, 0.3) is 0 Å². The number of halogens is 3. The van der Waals surface area contributed by atoms with Gasteiger partial charge < -0.3 is 28.2 Å². The number of hydrogen-bond acceptors (Lipinski definition) is 3. The molecule has 0 aromatic heterocycles. The summed E-state index contributed by atoms with van der Waals surface area (Å²) >= 11 is 0. The molecule has 1 aromatic rings. The number of benzene rings is 1. The largest absolute Gasteiger partial charge is 1.00 e. The number of hydrogen-bond donors (Lipinski definition) is 1. The molecule has 0 amide bonds. The zero-order valence-corrected chi connectivity index (χ0v) is 12.4. The summed E-state index contributed by atoms with van der Waals surface area (Å²) in [6.45, 7) is -5.09. The fraction of sp³-hybridized carbons (Fsp3) is 0.250. The average Bonchev–Trinajstić information content (AvgIpc) is 2.15. The van der Waals surface area contributed by atoms with Gasteiger partial charge >= 0.3 is 58.4 Å². The van der Waals surface area contributed by atoms with Crippen LogP contribution in [0.25, 0.3) is 0 Å². The van der Waals surface area contributed by atoms with Crippen molar-refractivity contribution in [3.8, 4) is 11.5 Å². The van der Waals surface area contributed by atoms with E-state index in [4.69, 9.17) is 15.2 Å². The number of nitrogen functional groups attached to an aromatic ring is 1. The molecular weight excluding hydrogens is 249 g/mol. The van der Waals surface area contributed by atoms with Crippen molar-refractivity contribution >= 4 is 18.1 Å². The standard InChI is InChI=1S/C8H10BF3NO2.K/c1-14-7-4-5(9(10,11)12)3-6(13)8(7)15-2;/h3-4H,13H2,1-2H3;/q-1;+1. The van der Waals surface area contributed by atoms with Crippen LogP contribution in [-0.2, 0) is 0 Å². The predicted molar refractivity (Wildman–Crippen MR) is 52.7 cm³/mol. The van der Waals surface area contributed by atoms with Crippen LogP contribution < -0.4 is 72.1 Å². The minimum Gasteiger partial charge on any atom is -0.493 e. The Bertz CT molecular complexity index is 373. The van der Waals surface area contributed by atoms with Gasteiger partial charge in [-0.05, 0) is 6.07 Å². The Labute approximate surface area is 134 Å². The molecule has 0 atom stereocenters. The van der Waals surface area contributed by atoms with Gasteiger partial charge in [0, 0.05) is 0 Å². The van der Waals surface area contributed by atoms with Crippen molar-refractivity contribution in [2.75, 3.05) is 20.0 Å². The summed E-state index contributed by atoms with van der Waals surface area (Å²) in [6, 6.07) is 1.70. The SMILES string of the molecule is COc1cc([B-](F)(F)F)cc(N)c1OC.[K+]. The van der Waals surface area contributed by atoms with Gasteiger partial charge in [-0.1, -0.05) is 6.07 Å². The van der Waals surface area contributed by atoms with Crippen molar-refractivity contribution < 1.29 is 73.8 Å². The maximum Gasteiger partial charge on any atom is 1.00 e. The minimum atomic E-state index is -5.09. The van der Waals surface area contributed by atoms with Crippen LogP contribution in [0.3, 0.4) is 0 Å². The summed E-state index contributed by atoms with van der Waals surface area (Å²) < 4.78 is 46.9. The van der Waals surface area contributed by atoms with E-state index in [1.54, 1.807) is 0 Å². The van der Waals surface area contributed by atoms with Gasteiger partial charge in [-0.2, -0.15) is 0 Å². The smallest absolute Gasteiger partial charge is 0.493 e. The number of ether oxygens (including phenoxy) is 2. The predicted octanol–water partition coefficient (Wildman–Crippen LogP) is -1.66. The van der Waals surface area contributed by atoms with Gasteiger partial charge in [-0.25, -0.2) is 0 Å². The minimum absolute atomic E-state index is 0. The molecule has 0 aliphatic carbocycles. The monoisotopic (exact) mass is 259 g/mol. The molecule has 0 fully saturated rings. The van der Waals surface area contributed by atoms with E-state index >= 15 is 0 Å². The second-order valence-electron chi connectivity index (χ2n) is 2.92. The van der Waals surface area contributed by atoms with Gasteiger partial charge in [-0.15, -0.1) is 5.46 Å². The maximum atomic E-state index is 12.4. The van der Waals surface area contributed by atoms with E-state index < -0.39 is 12.4 Å². The van der Waals surface area contributed by atoms with Gasteiger partial charge in [0.2, 0.25) is 0 Å². The summed E-state index contributed by atoms with van der Waals surface area (Å²) in [5.41, 5.74) is 4.52. The van der Waals surface area contributed by atoms with Crippen molar-refractivity contribution in [1.29, 1.82) is 0 Å². The molecule has 16 heavy (non-hydrogen) atoms. The molecule has 2 N–H and O–H groups in total. The third-order valence-electron chi connectivity index (χ3n) is 1.91. The third kappa shape index (κ3) is 3.56. The molecule has 0 aliphatic rings. The number of nitrogens with two attached hydrogens (primary N) is 1. The molecule has 0 aliphatic heterocycles. The first kappa shape index (κ1) is 16.1. The Morgan fingerprint density at radius 1 is 1.12 bits per heavy atom. The van der Waals surface area contributed by atoms with Gasteiger partial charge in [-0.3, -0.25) is 0 Å².